The molecule has 0 spiro atoms. The summed E-state index contributed by atoms with van der Waals surface area (Å²) in [5, 5.41) is 39.5. The summed E-state index contributed by atoms with van der Waals surface area (Å²) in [6.07, 6.45) is -2.59. The first-order chi connectivity index (χ1) is 13.4. The second kappa shape index (κ2) is 8.53. The van der Waals surface area contributed by atoms with E-state index in [0.717, 1.165) is 29.4 Å². The zero-order valence-corrected chi connectivity index (χ0v) is 15.8. The van der Waals surface area contributed by atoms with Gasteiger partial charge in [0, 0.05) is 25.2 Å². The van der Waals surface area contributed by atoms with Crippen LogP contribution in [0.1, 0.15) is 25.3 Å². The highest BCUT2D eigenvalue weighted by molar-refractivity contribution is 6.06. The molecule has 0 saturated carbocycles. The molecule has 2 aromatic carbocycles. The lowest BCUT2D eigenvalue weighted by Gasteiger charge is -2.15. The topological polar surface area (TPSA) is 105 Å². The van der Waals surface area contributed by atoms with Crippen LogP contribution in [-0.4, -0.2) is 53.0 Å². The Labute approximate surface area is 163 Å². The Morgan fingerprint density at radius 3 is 2.46 bits per heavy atom. The van der Waals surface area contributed by atoms with Gasteiger partial charge in [0.2, 0.25) is 0 Å². The monoisotopic (exact) mass is 380 g/mol. The minimum atomic E-state index is -1.29. The van der Waals surface area contributed by atoms with E-state index in [4.69, 9.17) is 5.11 Å². The molecule has 1 aliphatic rings. The van der Waals surface area contributed by atoms with Gasteiger partial charge in [-0.15, -0.1) is 0 Å². The zero-order chi connectivity index (χ0) is 20.3. The number of aliphatic hydroxyl groups is 3. The van der Waals surface area contributed by atoms with Crippen LogP contribution in [-0.2, 0) is 4.79 Å². The molecule has 0 aliphatic carbocycles. The fourth-order valence-electron chi connectivity index (χ4n) is 3.19. The Morgan fingerprint density at radius 2 is 1.82 bits per heavy atom. The van der Waals surface area contributed by atoms with Crippen molar-refractivity contribution in [2.75, 3.05) is 24.6 Å². The number of nitrogens with zero attached hydrogens (tertiary/aromatic N) is 2. The average molecular weight is 380 g/mol. The van der Waals surface area contributed by atoms with Crippen LogP contribution < -0.4 is 4.90 Å². The standard InChI is InChI=1S/C22H24N2O4/c1-14(19(12-23)20(26)6-7-21(27)22(28)13-25)15-2-3-17-11-18(24-8-9-24)5-4-16(17)10-15/h2-5,10-11,21-22,25,27-28H,6-9,13H2,1H3/b19-14+. The molecule has 2 unspecified atom stereocenters. The van der Waals surface area contributed by atoms with Crippen LogP contribution in [0.4, 0.5) is 5.69 Å². The number of aliphatic hydroxyl groups excluding tert-OH is 3. The molecule has 1 fully saturated rings. The van der Waals surface area contributed by atoms with E-state index in [0.29, 0.717) is 5.57 Å². The lowest BCUT2D eigenvalue weighted by Crippen LogP contribution is -2.29. The third-order valence-electron chi connectivity index (χ3n) is 5.13. The molecule has 3 rings (SSSR count). The van der Waals surface area contributed by atoms with E-state index in [1.807, 2.05) is 30.3 Å². The molecule has 6 nitrogen and oxygen atoms in total. The molecule has 2 atom stereocenters. The Morgan fingerprint density at radius 1 is 1.14 bits per heavy atom. The van der Waals surface area contributed by atoms with E-state index in [9.17, 15) is 20.3 Å². The number of ketones is 1. The van der Waals surface area contributed by atoms with Crippen LogP contribution in [0.15, 0.2) is 42.0 Å². The summed E-state index contributed by atoms with van der Waals surface area (Å²) in [7, 11) is 0. The third-order valence-corrected chi connectivity index (χ3v) is 5.13. The molecular formula is C22H24N2O4. The molecule has 0 aromatic heterocycles. The molecule has 28 heavy (non-hydrogen) atoms. The number of benzene rings is 2. The molecule has 1 saturated heterocycles. The SMILES string of the molecule is C/C(=C(/C#N)C(=O)CCC(O)C(O)CO)c1ccc2cc(N3CC3)ccc2c1. The number of Topliss-reactive ketones (excluding diaryl/α,β-unsaturated/α-hetero) is 1. The van der Waals surface area contributed by atoms with Gasteiger partial charge >= 0.3 is 0 Å². The first-order valence-corrected chi connectivity index (χ1v) is 9.35. The van der Waals surface area contributed by atoms with Crippen molar-refractivity contribution in [2.24, 2.45) is 0 Å². The molecule has 0 radical (unpaired) electrons. The van der Waals surface area contributed by atoms with Gasteiger partial charge in [0.05, 0.1) is 18.3 Å². The van der Waals surface area contributed by atoms with Gasteiger partial charge in [-0.2, -0.15) is 5.26 Å². The number of carbonyl (C=O) groups excluding carboxylic acids is 1. The van der Waals surface area contributed by atoms with Crippen molar-refractivity contribution < 1.29 is 20.1 Å². The highest BCUT2D eigenvalue weighted by Crippen LogP contribution is 2.29. The van der Waals surface area contributed by atoms with Crippen molar-refractivity contribution in [3.05, 3.63) is 47.5 Å². The lowest BCUT2D eigenvalue weighted by atomic mass is 9.94. The van der Waals surface area contributed by atoms with Crippen LogP contribution in [0.5, 0.6) is 0 Å². The number of allylic oxidation sites excluding steroid dienone is 2. The first-order valence-electron chi connectivity index (χ1n) is 9.35. The highest BCUT2D eigenvalue weighted by atomic mass is 16.4. The van der Waals surface area contributed by atoms with Gasteiger partial charge < -0.3 is 20.2 Å². The second-order valence-corrected chi connectivity index (χ2v) is 7.12. The number of rotatable bonds is 8. The number of hydrogen-bond acceptors (Lipinski definition) is 6. The Kier molecular flexibility index (Phi) is 6.10. The molecule has 3 N–H and O–H groups in total. The Hall–Kier alpha value is -2.72. The van der Waals surface area contributed by atoms with Gasteiger partial charge in [-0.25, -0.2) is 0 Å². The lowest BCUT2D eigenvalue weighted by molar-refractivity contribution is -0.116. The molecule has 146 valence electrons. The maximum Gasteiger partial charge on any atom is 0.173 e. The van der Waals surface area contributed by atoms with Crippen molar-refractivity contribution in [1.29, 1.82) is 5.26 Å². The van der Waals surface area contributed by atoms with E-state index >= 15 is 0 Å². The summed E-state index contributed by atoms with van der Waals surface area (Å²) in [5.74, 6) is -0.388. The minimum Gasteiger partial charge on any atom is -0.394 e. The van der Waals surface area contributed by atoms with Crippen LogP contribution in [0, 0.1) is 11.3 Å². The van der Waals surface area contributed by atoms with E-state index in [1.54, 1.807) is 6.92 Å². The normalized spacial score (nSPS) is 16.3. The van der Waals surface area contributed by atoms with Crippen molar-refractivity contribution in [3.63, 3.8) is 0 Å². The van der Waals surface area contributed by atoms with Crippen molar-refractivity contribution >= 4 is 27.8 Å². The largest absolute Gasteiger partial charge is 0.394 e. The molecule has 0 amide bonds. The summed E-state index contributed by atoms with van der Waals surface area (Å²) in [5.41, 5.74) is 2.63. The number of carbonyl (C=O) groups is 1. The van der Waals surface area contributed by atoms with Crippen LogP contribution in [0.25, 0.3) is 16.3 Å². The number of hydrogen-bond donors (Lipinski definition) is 3. The van der Waals surface area contributed by atoms with E-state index in [-0.39, 0.29) is 24.2 Å². The maximum absolute atomic E-state index is 12.5. The molecule has 1 aliphatic heterocycles. The van der Waals surface area contributed by atoms with Crippen molar-refractivity contribution in [1.82, 2.24) is 0 Å². The summed E-state index contributed by atoms with van der Waals surface area (Å²) in [6, 6.07) is 14.1. The molecule has 1 heterocycles. The summed E-state index contributed by atoms with van der Waals surface area (Å²) in [6.45, 7) is 3.33. The van der Waals surface area contributed by atoms with Gasteiger partial charge in [0.25, 0.3) is 0 Å². The van der Waals surface area contributed by atoms with Crippen LogP contribution in [0.3, 0.4) is 0 Å². The summed E-state index contributed by atoms with van der Waals surface area (Å²) in [4.78, 5) is 14.7. The predicted molar refractivity (Wildman–Crippen MR) is 108 cm³/mol. The second-order valence-electron chi connectivity index (χ2n) is 7.12. The fourth-order valence-corrected chi connectivity index (χ4v) is 3.19. The number of nitriles is 1. The average Bonchev–Trinajstić information content (AvgIpc) is 3.56. The van der Waals surface area contributed by atoms with Gasteiger partial charge in [-0.05, 0) is 53.5 Å². The maximum atomic E-state index is 12.5. The van der Waals surface area contributed by atoms with E-state index in [1.165, 1.54) is 5.69 Å². The number of anilines is 1. The molecule has 2 aromatic rings. The quantitative estimate of drug-likeness (QED) is 0.368. The smallest absolute Gasteiger partial charge is 0.173 e. The van der Waals surface area contributed by atoms with E-state index < -0.39 is 18.8 Å². The van der Waals surface area contributed by atoms with Gasteiger partial charge in [-0.1, -0.05) is 18.2 Å². The van der Waals surface area contributed by atoms with Crippen LogP contribution in [0.2, 0.25) is 0 Å². The van der Waals surface area contributed by atoms with Gasteiger partial charge in [0.1, 0.15) is 12.2 Å². The van der Waals surface area contributed by atoms with E-state index in [2.05, 4.69) is 17.0 Å². The highest BCUT2D eigenvalue weighted by Gasteiger charge is 2.20. The zero-order valence-electron chi connectivity index (χ0n) is 15.8. The third kappa shape index (κ3) is 4.39. The van der Waals surface area contributed by atoms with Gasteiger partial charge in [-0.3, -0.25) is 4.79 Å². The minimum absolute atomic E-state index is 0.0178. The molecule has 6 heteroatoms. The fraction of sp³-hybridized carbons (Fsp3) is 0.364. The predicted octanol–water partition coefficient (Wildman–Crippen LogP) is 2.02. The summed E-state index contributed by atoms with van der Waals surface area (Å²) >= 11 is 0. The van der Waals surface area contributed by atoms with Gasteiger partial charge in [0.15, 0.2) is 5.78 Å². The summed E-state index contributed by atoms with van der Waals surface area (Å²) < 4.78 is 0. The van der Waals surface area contributed by atoms with Crippen LogP contribution >= 0.6 is 0 Å². The molecular weight excluding hydrogens is 356 g/mol. The van der Waals surface area contributed by atoms with Crippen molar-refractivity contribution in [2.45, 2.75) is 32.0 Å². The first kappa shape index (κ1) is 20.0. The Bertz CT molecular complexity index is 957. The number of fused-ring (bicyclic) bond motifs is 1. The Balaban J connectivity index is 1.81. The van der Waals surface area contributed by atoms with Crippen molar-refractivity contribution in [3.8, 4) is 6.07 Å². The molecule has 0 bridgehead atoms.